The molecule has 1 aliphatic heterocycles. The molecule has 0 aliphatic carbocycles. The second kappa shape index (κ2) is 7.56. The molecule has 0 unspecified atom stereocenters. The lowest BCUT2D eigenvalue weighted by Crippen LogP contribution is -2.52. The first-order valence-electron chi connectivity index (χ1n) is 7.32. The molecule has 2 aromatic rings. The van der Waals surface area contributed by atoms with Crippen molar-refractivity contribution in [3.63, 3.8) is 0 Å². The molecule has 1 aromatic carbocycles. The molecule has 0 atom stereocenters. The number of thiocarbonyl (C=S) groups is 1. The minimum absolute atomic E-state index is 0.00658. The Morgan fingerprint density at radius 3 is 2.31 bits per heavy atom. The second-order valence-corrected chi connectivity index (χ2v) is 8.11. The van der Waals surface area contributed by atoms with Crippen LogP contribution in [-0.4, -0.2) is 40.8 Å². The number of furan rings is 1. The van der Waals surface area contributed by atoms with Gasteiger partial charge >= 0.3 is 0 Å². The van der Waals surface area contributed by atoms with E-state index >= 15 is 0 Å². The van der Waals surface area contributed by atoms with Crippen LogP contribution >= 0.6 is 51.5 Å². The molecule has 2 heterocycles. The smallest absolute Gasteiger partial charge is 0.265 e. The first kappa shape index (κ1) is 19.2. The van der Waals surface area contributed by atoms with Crippen molar-refractivity contribution in [1.29, 1.82) is 0 Å². The summed E-state index contributed by atoms with van der Waals surface area (Å²) in [6.07, 6.45) is 1.43. The fourth-order valence-electron chi connectivity index (χ4n) is 2.24. The molecular weight excluding hydrogens is 460 g/mol. The Morgan fingerprint density at radius 2 is 1.73 bits per heavy atom. The summed E-state index contributed by atoms with van der Waals surface area (Å²) in [5.74, 6) is -0.533. The number of halogens is 2. The van der Waals surface area contributed by atoms with Crippen LogP contribution in [0, 0.1) is 0 Å². The van der Waals surface area contributed by atoms with Crippen LogP contribution in [-0.2, 0) is 9.59 Å². The number of rotatable bonds is 3. The van der Waals surface area contributed by atoms with Gasteiger partial charge in [0.05, 0.1) is 4.47 Å². The molecule has 1 saturated heterocycles. The van der Waals surface area contributed by atoms with E-state index in [0.29, 0.717) is 15.9 Å². The van der Waals surface area contributed by atoms with Crippen LogP contribution in [0.1, 0.15) is 5.76 Å². The third kappa shape index (κ3) is 3.73. The Bertz CT molecular complexity index is 914. The lowest BCUT2D eigenvalue weighted by atomic mass is 10.1. The highest BCUT2D eigenvalue weighted by molar-refractivity contribution is 9.10. The summed E-state index contributed by atoms with van der Waals surface area (Å²) in [6, 6.07) is 9.03. The van der Waals surface area contributed by atoms with Crippen molar-refractivity contribution in [2.45, 2.75) is 9.99 Å². The van der Waals surface area contributed by atoms with Crippen LogP contribution < -0.4 is 0 Å². The normalized spacial score (nSPS) is 15.1. The van der Waals surface area contributed by atoms with Gasteiger partial charge in [0, 0.05) is 24.0 Å². The number of amides is 2. The van der Waals surface area contributed by atoms with E-state index < -0.39 is 11.8 Å². The predicted octanol–water partition coefficient (Wildman–Crippen LogP) is 4.45. The summed E-state index contributed by atoms with van der Waals surface area (Å²) in [5, 5.41) is 1.42. The van der Waals surface area contributed by atoms with Gasteiger partial charge in [0.25, 0.3) is 11.8 Å². The Hall–Kier alpha value is -1.61. The first-order valence-corrected chi connectivity index (χ1v) is 9.72. The predicted molar refractivity (Wildman–Crippen MR) is 108 cm³/mol. The first-order chi connectivity index (χ1) is 12.3. The molecule has 2 amide bonds. The van der Waals surface area contributed by atoms with E-state index in [2.05, 4.69) is 15.9 Å². The van der Waals surface area contributed by atoms with Gasteiger partial charge in [-0.2, -0.15) is 0 Å². The number of carbonyl (C=O) groups is 2. The third-order valence-corrected chi connectivity index (χ3v) is 6.28. The van der Waals surface area contributed by atoms with Crippen LogP contribution in [0.5, 0.6) is 0 Å². The summed E-state index contributed by atoms with van der Waals surface area (Å²) in [5.41, 5.74) is -0.00658. The van der Waals surface area contributed by atoms with Gasteiger partial charge in [-0.1, -0.05) is 23.4 Å². The van der Waals surface area contributed by atoms with E-state index in [9.17, 15) is 9.59 Å². The zero-order chi connectivity index (χ0) is 19.0. The van der Waals surface area contributed by atoms with E-state index in [4.69, 9.17) is 28.2 Å². The molecule has 1 fully saturated rings. The quantitative estimate of drug-likeness (QED) is 0.376. The van der Waals surface area contributed by atoms with E-state index in [1.54, 1.807) is 18.2 Å². The molecule has 26 heavy (non-hydrogen) atoms. The van der Waals surface area contributed by atoms with Gasteiger partial charge in [0.1, 0.15) is 11.3 Å². The Labute approximate surface area is 173 Å². The van der Waals surface area contributed by atoms with Crippen LogP contribution in [0.2, 0.25) is 5.02 Å². The molecule has 3 rings (SSSR count). The highest BCUT2D eigenvalue weighted by Crippen LogP contribution is 2.37. The molecule has 0 spiro atoms. The van der Waals surface area contributed by atoms with Crippen LogP contribution in [0.4, 0.5) is 0 Å². The van der Waals surface area contributed by atoms with Crippen LogP contribution in [0.15, 0.2) is 54.8 Å². The van der Waals surface area contributed by atoms with Gasteiger partial charge in [-0.05, 0) is 64.6 Å². The molecule has 0 radical (unpaired) electrons. The van der Waals surface area contributed by atoms with Gasteiger partial charge in [-0.25, -0.2) is 0 Å². The molecular formula is C17H12BrClN2O3S2. The summed E-state index contributed by atoms with van der Waals surface area (Å²) < 4.78 is 6.50. The monoisotopic (exact) mass is 470 g/mol. The lowest BCUT2D eigenvalue weighted by molar-refractivity contribution is -0.132. The van der Waals surface area contributed by atoms with Crippen molar-refractivity contribution in [3.8, 4) is 0 Å². The van der Waals surface area contributed by atoms with Gasteiger partial charge in [-0.15, -0.1) is 0 Å². The molecule has 0 bridgehead atoms. The summed E-state index contributed by atoms with van der Waals surface area (Å²) in [4.78, 5) is 28.2. The number of likely N-dealkylation sites (N-methyl/N-ethyl adjacent to an activating group) is 2. The molecule has 1 aromatic heterocycles. The van der Waals surface area contributed by atoms with Crippen molar-refractivity contribution in [3.05, 3.63) is 51.2 Å². The molecule has 134 valence electrons. The van der Waals surface area contributed by atoms with Crippen molar-refractivity contribution in [2.24, 2.45) is 0 Å². The van der Waals surface area contributed by atoms with Crippen molar-refractivity contribution >= 4 is 74.5 Å². The standard InChI is InChI=1S/C17H12BrClN2O3S2/c1-20-14(22)12(15(23)21(2)17(20)25)7-10-8-13(18)16(24-10)26-11-5-3-9(19)4-6-11/h3-8H,1-2H3. The fraction of sp³-hybridized carbons (Fsp3) is 0.118. The van der Waals surface area contributed by atoms with Crippen LogP contribution in [0.25, 0.3) is 6.08 Å². The van der Waals surface area contributed by atoms with E-state index in [0.717, 1.165) is 9.37 Å². The third-order valence-electron chi connectivity index (χ3n) is 3.63. The zero-order valence-electron chi connectivity index (χ0n) is 13.7. The Morgan fingerprint density at radius 1 is 1.15 bits per heavy atom. The van der Waals surface area contributed by atoms with Crippen molar-refractivity contribution in [1.82, 2.24) is 9.80 Å². The minimum Gasteiger partial charge on any atom is -0.449 e. The van der Waals surface area contributed by atoms with E-state index in [-0.39, 0.29) is 10.7 Å². The molecule has 9 heteroatoms. The molecule has 0 N–H and O–H groups in total. The number of nitrogens with zero attached hydrogens (tertiary/aromatic N) is 2. The van der Waals surface area contributed by atoms with Gasteiger partial charge in [-0.3, -0.25) is 19.4 Å². The molecule has 1 aliphatic rings. The second-order valence-electron chi connectivity index (χ2n) is 5.41. The maximum absolute atomic E-state index is 12.4. The molecule has 5 nitrogen and oxygen atoms in total. The topological polar surface area (TPSA) is 53.8 Å². The van der Waals surface area contributed by atoms with Gasteiger partial charge in [0.15, 0.2) is 10.2 Å². The Kier molecular flexibility index (Phi) is 5.57. The number of hydrogen-bond donors (Lipinski definition) is 0. The highest BCUT2D eigenvalue weighted by atomic mass is 79.9. The summed E-state index contributed by atoms with van der Waals surface area (Å²) in [6.45, 7) is 0. The van der Waals surface area contributed by atoms with Gasteiger partial charge in [0.2, 0.25) is 0 Å². The lowest BCUT2D eigenvalue weighted by Gasteiger charge is -2.31. The summed E-state index contributed by atoms with van der Waals surface area (Å²) >= 11 is 15.8. The minimum atomic E-state index is -0.461. The zero-order valence-corrected chi connectivity index (χ0v) is 17.6. The largest absolute Gasteiger partial charge is 0.449 e. The summed E-state index contributed by atoms with van der Waals surface area (Å²) in [7, 11) is 3.06. The van der Waals surface area contributed by atoms with Crippen molar-refractivity contribution < 1.29 is 14.0 Å². The number of hydrogen-bond acceptors (Lipinski definition) is 5. The number of benzene rings is 1. The van der Waals surface area contributed by atoms with E-state index in [1.807, 2.05) is 12.1 Å². The SMILES string of the molecule is CN1C(=O)C(=Cc2cc(Br)c(Sc3ccc(Cl)cc3)o2)C(=O)N(C)C1=S. The van der Waals surface area contributed by atoms with Crippen molar-refractivity contribution in [2.75, 3.05) is 14.1 Å². The maximum Gasteiger partial charge on any atom is 0.265 e. The average Bonchev–Trinajstić information content (AvgIpc) is 2.96. The van der Waals surface area contributed by atoms with Gasteiger partial charge < -0.3 is 4.42 Å². The van der Waals surface area contributed by atoms with E-state index in [1.165, 1.54) is 41.7 Å². The van der Waals surface area contributed by atoms with Crippen LogP contribution in [0.3, 0.4) is 0 Å². The highest BCUT2D eigenvalue weighted by Gasteiger charge is 2.35. The Balaban J connectivity index is 1.89. The fourth-order valence-corrected chi connectivity index (χ4v) is 3.86. The number of carbonyl (C=O) groups excluding carboxylic acids is 2. The molecule has 0 saturated carbocycles. The maximum atomic E-state index is 12.4. The average molecular weight is 472 g/mol.